The SMILES string of the molecule is CC(N)CSCc1cccc(C(=O)O)n1. The van der Waals surface area contributed by atoms with E-state index in [2.05, 4.69) is 4.98 Å². The van der Waals surface area contributed by atoms with Gasteiger partial charge in [-0.25, -0.2) is 9.78 Å². The van der Waals surface area contributed by atoms with Gasteiger partial charge in [-0.3, -0.25) is 0 Å². The second-order valence-electron chi connectivity index (χ2n) is 3.31. The zero-order valence-electron chi connectivity index (χ0n) is 8.51. The number of carboxylic acids is 1. The predicted molar refractivity (Wildman–Crippen MR) is 61.0 cm³/mol. The molecule has 0 aliphatic rings. The highest BCUT2D eigenvalue weighted by atomic mass is 32.2. The first kappa shape index (κ1) is 12.0. The van der Waals surface area contributed by atoms with Crippen LogP contribution in [0.2, 0.25) is 0 Å². The van der Waals surface area contributed by atoms with Gasteiger partial charge in [-0.2, -0.15) is 11.8 Å². The first-order valence-electron chi connectivity index (χ1n) is 4.62. The Balaban J connectivity index is 2.54. The molecule has 0 saturated heterocycles. The highest BCUT2D eigenvalue weighted by molar-refractivity contribution is 7.98. The Morgan fingerprint density at radius 1 is 1.67 bits per heavy atom. The monoisotopic (exact) mass is 226 g/mol. The number of hydrogen-bond donors (Lipinski definition) is 2. The van der Waals surface area contributed by atoms with Gasteiger partial charge >= 0.3 is 5.97 Å². The summed E-state index contributed by atoms with van der Waals surface area (Å²) < 4.78 is 0. The standard InChI is InChI=1S/C10H14N2O2S/c1-7(11)5-15-6-8-3-2-4-9(12-8)10(13)14/h2-4,7H,5-6,11H2,1H3,(H,13,14). The normalized spacial score (nSPS) is 12.4. The number of pyridine rings is 1. The average Bonchev–Trinajstić information content (AvgIpc) is 2.17. The van der Waals surface area contributed by atoms with Crippen molar-refractivity contribution < 1.29 is 9.90 Å². The number of carboxylic acid groups (broad SMARTS) is 1. The van der Waals surface area contributed by atoms with Gasteiger partial charge in [0.1, 0.15) is 5.69 Å². The van der Waals surface area contributed by atoms with E-state index in [-0.39, 0.29) is 11.7 Å². The first-order valence-corrected chi connectivity index (χ1v) is 5.77. The van der Waals surface area contributed by atoms with Gasteiger partial charge in [-0.1, -0.05) is 6.07 Å². The van der Waals surface area contributed by atoms with E-state index in [4.69, 9.17) is 10.8 Å². The minimum Gasteiger partial charge on any atom is -0.477 e. The molecule has 0 bridgehead atoms. The maximum atomic E-state index is 10.6. The molecule has 0 amide bonds. The van der Waals surface area contributed by atoms with Crippen molar-refractivity contribution in [2.24, 2.45) is 5.73 Å². The average molecular weight is 226 g/mol. The van der Waals surface area contributed by atoms with Crippen LogP contribution < -0.4 is 5.73 Å². The lowest BCUT2D eigenvalue weighted by atomic mass is 10.3. The van der Waals surface area contributed by atoms with Crippen molar-refractivity contribution in [3.63, 3.8) is 0 Å². The van der Waals surface area contributed by atoms with Crippen molar-refractivity contribution >= 4 is 17.7 Å². The maximum absolute atomic E-state index is 10.6. The molecule has 0 fully saturated rings. The molecule has 1 heterocycles. The van der Waals surface area contributed by atoms with Crippen molar-refractivity contribution in [1.29, 1.82) is 0 Å². The highest BCUT2D eigenvalue weighted by Gasteiger charge is 2.05. The van der Waals surface area contributed by atoms with Crippen LogP contribution >= 0.6 is 11.8 Å². The van der Waals surface area contributed by atoms with E-state index < -0.39 is 5.97 Å². The number of thioether (sulfide) groups is 1. The summed E-state index contributed by atoms with van der Waals surface area (Å²) in [5.41, 5.74) is 6.47. The Hall–Kier alpha value is -1.07. The molecule has 1 rings (SSSR count). The van der Waals surface area contributed by atoms with Crippen LogP contribution in [0.5, 0.6) is 0 Å². The van der Waals surface area contributed by atoms with Crippen molar-refractivity contribution in [3.8, 4) is 0 Å². The number of aromatic nitrogens is 1. The molecule has 4 nitrogen and oxygen atoms in total. The Kier molecular flexibility index (Phi) is 4.58. The van der Waals surface area contributed by atoms with Crippen LogP contribution in [0.25, 0.3) is 0 Å². The number of aromatic carboxylic acids is 1. The van der Waals surface area contributed by atoms with Crippen LogP contribution in [0.1, 0.15) is 23.1 Å². The molecule has 15 heavy (non-hydrogen) atoms. The van der Waals surface area contributed by atoms with Crippen molar-refractivity contribution in [1.82, 2.24) is 4.98 Å². The molecule has 3 N–H and O–H groups in total. The maximum Gasteiger partial charge on any atom is 0.354 e. The molecular formula is C10H14N2O2S. The molecule has 0 radical (unpaired) electrons. The van der Waals surface area contributed by atoms with Gasteiger partial charge in [0.15, 0.2) is 0 Å². The van der Waals surface area contributed by atoms with E-state index in [1.807, 2.05) is 13.0 Å². The molecule has 1 atom stereocenters. The molecule has 1 aromatic rings. The van der Waals surface area contributed by atoms with Crippen LogP contribution in [0.15, 0.2) is 18.2 Å². The van der Waals surface area contributed by atoms with Gasteiger partial charge < -0.3 is 10.8 Å². The van der Waals surface area contributed by atoms with Gasteiger partial charge in [0.05, 0.1) is 5.69 Å². The lowest BCUT2D eigenvalue weighted by Gasteiger charge is -2.04. The highest BCUT2D eigenvalue weighted by Crippen LogP contribution is 2.11. The predicted octanol–water partition coefficient (Wildman–Crippen LogP) is 1.36. The molecule has 1 aromatic heterocycles. The number of nitrogens with zero attached hydrogens (tertiary/aromatic N) is 1. The van der Waals surface area contributed by atoms with E-state index in [9.17, 15) is 4.79 Å². The van der Waals surface area contributed by atoms with Crippen LogP contribution in [0, 0.1) is 0 Å². The third-order valence-corrected chi connectivity index (χ3v) is 2.92. The third kappa shape index (κ3) is 4.31. The zero-order valence-corrected chi connectivity index (χ0v) is 9.33. The van der Waals surface area contributed by atoms with Gasteiger partial charge in [-0.05, 0) is 19.1 Å². The first-order chi connectivity index (χ1) is 7.09. The van der Waals surface area contributed by atoms with Crippen molar-refractivity contribution in [2.75, 3.05) is 5.75 Å². The smallest absolute Gasteiger partial charge is 0.354 e. The van der Waals surface area contributed by atoms with E-state index in [0.29, 0.717) is 5.75 Å². The van der Waals surface area contributed by atoms with Gasteiger partial charge in [-0.15, -0.1) is 0 Å². The van der Waals surface area contributed by atoms with Crippen LogP contribution in [-0.2, 0) is 5.75 Å². The molecule has 0 aromatic carbocycles. The number of nitrogens with two attached hydrogens (primary N) is 1. The van der Waals surface area contributed by atoms with Crippen LogP contribution in [-0.4, -0.2) is 27.9 Å². The molecule has 82 valence electrons. The van der Waals surface area contributed by atoms with Gasteiger partial charge in [0.25, 0.3) is 0 Å². The zero-order chi connectivity index (χ0) is 11.3. The molecule has 0 spiro atoms. The molecular weight excluding hydrogens is 212 g/mol. The Labute approximate surface area is 92.9 Å². The number of carbonyl (C=O) groups is 1. The fourth-order valence-corrected chi connectivity index (χ4v) is 1.89. The summed E-state index contributed by atoms with van der Waals surface area (Å²) in [6.45, 7) is 1.94. The van der Waals surface area contributed by atoms with E-state index in [0.717, 1.165) is 11.4 Å². The Bertz CT molecular complexity index is 342. The third-order valence-electron chi connectivity index (χ3n) is 1.66. The quantitative estimate of drug-likeness (QED) is 0.792. The largest absolute Gasteiger partial charge is 0.477 e. The summed E-state index contributed by atoms with van der Waals surface area (Å²) >= 11 is 1.65. The van der Waals surface area contributed by atoms with E-state index in [1.54, 1.807) is 17.8 Å². The minimum atomic E-state index is -0.992. The molecule has 0 aliphatic carbocycles. The summed E-state index contributed by atoms with van der Waals surface area (Å²) in [5, 5.41) is 8.73. The van der Waals surface area contributed by atoms with Crippen LogP contribution in [0.4, 0.5) is 0 Å². The molecule has 5 heteroatoms. The lowest BCUT2D eigenvalue weighted by molar-refractivity contribution is 0.0690. The summed E-state index contributed by atoms with van der Waals surface area (Å²) in [6, 6.07) is 5.17. The number of hydrogen-bond acceptors (Lipinski definition) is 4. The molecule has 0 saturated carbocycles. The van der Waals surface area contributed by atoms with Gasteiger partial charge in [0.2, 0.25) is 0 Å². The van der Waals surface area contributed by atoms with E-state index >= 15 is 0 Å². The molecule has 0 aliphatic heterocycles. The topological polar surface area (TPSA) is 76.2 Å². The fraction of sp³-hybridized carbons (Fsp3) is 0.400. The Morgan fingerprint density at radius 2 is 2.40 bits per heavy atom. The fourth-order valence-electron chi connectivity index (χ4n) is 1.03. The molecule has 1 unspecified atom stereocenters. The van der Waals surface area contributed by atoms with Gasteiger partial charge in [0, 0.05) is 17.5 Å². The summed E-state index contributed by atoms with van der Waals surface area (Å²) in [7, 11) is 0. The van der Waals surface area contributed by atoms with Crippen LogP contribution in [0.3, 0.4) is 0 Å². The second-order valence-corrected chi connectivity index (χ2v) is 4.34. The summed E-state index contributed by atoms with van der Waals surface area (Å²) in [4.78, 5) is 14.7. The second kappa shape index (κ2) is 5.72. The summed E-state index contributed by atoms with van der Waals surface area (Å²) in [5.74, 6) is 0.552. The van der Waals surface area contributed by atoms with E-state index in [1.165, 1.54) is 6.07 Å². The summed E-state index contributed by atoms with van der Waals surface area (Å²) in [6.07, 6.45) is 0. The number of rotatable bonds is 5. The minimum absolute atomic E-state index is 0.0916. The van der Waals surface area contributed by atoms with Crippen molar-refractivity contribution in [2.45, 2.75) is 18.7 Å². The lowest BCUT2D eigenvalue weighted by Crippen LogP contribution is -2.17. The van der Waals surface area contributed by atoms with Crippen molar-refractivity contribution in [3.05, 3.63) is 29.6 Å². The Morgan fingerprint density at radius 3 is 3.00 bits per heavy atom.